The van der Waals surface area contributed by atoms with Gasteiger partial charge >= 0.3 is 0 Å². The molecule has 0 radical (unpaired) electrons. The highest BCUT2D eigenvalue weighted by Gasteiger charge is 2.50. The van der Waals surface area contributed by atoms with Crippen LogP contribution in [0.4, 0.5) is 0 Å². The van der Waals surface area contributed by atoms with Gasteiger partial charge in [-0.15, -0.1) is 0 Å². The lowest BCUT2D eigenvalue weighted by Crippen LogP contribution is -2.31. The minimum Gasteiger partial charge on any atom is -0.456 e. The Morgan fingerprint density at radius 3 is 1.74 bits per heavy atom. The van der Waals surface area contributed by atoms with Gasteiger partial charge in [0.25, 0.3) is 0 Å². The first-order chi connectivity index (χ1) is 28.2. The van der Waals surface area contributed by atoms with Gasteiger partial charge < -0.3 is 4.42 Å². The highest BCUT2D eigenvalue weighted by molar-refractivity contribution is 7.99. The second kappa shape index (κ2) is 12.5. The van der Waals surface area contributed by atoms with Crippen LogP contribution < -0.4 is 0 Å². The highest BCUT2D eigenvalue weighted by Crippen LogP contribution is 2.62. The van der Waals surface area contributed by atoms with Crippen molar-refractivity contribution < 1.29 is 4.42 Å². The van der Waals surface area contributed by atoms with Crippen molar-refractivity contribution in [3.63, 3.8) is 0 Å². The van der Waals surface area contributed by atoms with Crippen LogP contribution in [0.25, 0.3) is 78.1 Å². The molecule has 0 fully saturated rings. The predicted molar refractivity (Wildman–Crippen MR) is 232 cm³/mol. The number of rotatable bonds is 4. The van der Waals surface area contributed by atoms with E-state index < -0.39 is 0 Å². The average molecular weight is 745 g/mol. The van der Waals surface area contributed by atoms with Crippen LogP contribution in [0.5, 0.6) is 0 Å². The van der Waals surface area contributed by atoms with Crippen LogP contribution in [-0.4, -0.2) is 9.97 Å². The lowest BCUT2D eigenvalue weighted by molar-refractivity contribution is 0.669. The van der Waals surface area contributed by atoms with Crippen molar-refractivity contribution in [2.45, 2.75) is 15.2 Å². The van der Waals surface area contributed by atoms with E-state index in [0.717, 1.165) is 55.6 Å². The summed E-state index contributed by atoms with van der Waals surface area (Å²) >= 11 is 1.88. The molecule has 1 spiro atoms. The van der Waals surface area contributed by atoms with Crippen LogP contribution in [0.1, 0.15) is 22.3 Å². The van der Waals surface area contributed by atoms with E-state index in [-0.39, 0.29) is 5.41 Å². The van der Waals surface area contributed by atoms with E-state index in [1.165, 1.54) is 48.7 Å². The van der Waals surface area contributed by atoms with E-state index in [0.29, 0.717) is 5.82 Å². The predicted octanol–water partition coefficient (Wildman–Crippen LogP) is 13.9. The molecule has 0 unspecified atom stereocenters. The SMILES string of the molecule is c1ccc(-c2cc(-c3ccc4c(c3)oc3ccccc34)nc(-c3ccc(-c4ccc5c(c4)Sc4ccccc4C54c5ccccc5-c5ccccc54)cc3)n2)cc1. The molecule has 0 amide bonds. The maximum absolute atomic E-state index is 6.27. The Hall–Kier alpha value is -7.01. The van der Waals surface area contributed by atoms with E-state index in [1.54, 1.807) is 0 Å². The third kappa shape index (κ3) is 4.87. The Bertz CT molecular complexity index is 3170. The van der Waals surface area contributed by atoms with Crippen molar-refractivity contribution >= 4 is 33.7 Å². The molecule has 3 heterocycles. The zero-order chi connectivity index (χ0) is 37.5. The van der Waals surface area contributed by atoms with Crippen molar-refractivity contribution in [3.05, 3.63) is 216 Å². The van der Waals surface area contributed by atoms with Crippen LogP contribution in [-0.2, 0) is 5.41 Å². The Labute approximate surface area is 334 Å². The summed E-state index contributed by atoms with van der Waals surface area (Å²) < 4.78 is 6.27. The molecule has 12 rings (SSSR count). The molecule has 0 atom stereocenters. The summed E-state index contributed by atoms with van der Waals surface area (Å²) in [4.78, 5) is 12.9. The highest BCUT2D eigenvalue weighted by atomic mass is 32.2. The number of aromatic nitrogens is 2. The second-order valence-electron chi connectivity index (χ2n) is 14.9. The van der Waals surface area contributed by atoms with Crippen LogP contribution >= 0.6 is 11.8 Å². The molecule has 0 bridgehead atoms. The fourth-order valence-corrected chi connectivity index (χ4v) is 10.5. The molecule has 1 aliphatic heterocycles. The third-order valence-corrected chi connectivity index (χ3v) is 12.9. The molecule has 0 N–H and O–H groups in total. The zero-order valence-corrected chi connectivity index (χ0v) is 31.5. The van der Waals surface area contributed by atoms with Crippen molar-refractivity contribution in [2.24, 2.45) is 0 Å². The second-order valence-corrected chi connectivity index (χ2v) is 15.9. The Morgan fingerprint density at radius 1 is 0.368 bits per heavy atom. The van der Waals surface area contributed by atoms with Crippen molar-refractivity contribution in [2.75, 3.05) is 0 Å². The number of benzene rings is 8. The molecule has 10 aromatic rings. The quantitative estimate of drug-likeness (QED) is 0.180. The van der Waals surface area contributed by atoms with Crippen molar-refractivity contribution in [1.29, 1.82) is 0 Å². The fourth-order valence-electron chi connectivity index (χ4n) is 9.22. The number of hydrogen-bond donors (Lipinski definition) is 0. The summed E-state index contributed by atoms with van der Waals surface area (Å²) in [6, 6.07) is 69.6. The molecule has 1 aliphatic carbocycles. The normalized spacial score (nSPS) is 13.3. The topological polar surface area (TPSA) is 38.9 Å². The summed E-state index contributed by atoms with van der Waals surface area (Å²) in [5, 5.41) is 2.21. The minimum atomic E-state index is -0.374. The number of para-hydroxylation sites is 1. The van der Waals surface area contributed by atoms with Gasteiger partial charge in [0.15, 0.2) is 5.82 Å². The van der Waals surface area contributed by atoms with Crippen LogP contribution in [0.3, 0.4) is 0 Å². The Balaban J connectivity index is 0.953. The summed E-state index contributed by atoms with van der Waals surface area (Å²) in [5.74, 6) is 0.681. The number of hydrogen-bond acceptors (Lipinski definition) is 4. The first-order valence-corrected chi connectivity index (χ1v) is 20.1. The van der Waals surface area contributed by atoms with Gasteiger partial charge in [0, 0.05) is 37.3 Å². The van der Waals surface area contributed by atoms with Gasteiger partial charge in [-0.2, -0.15) is 0 Å². The van der Waals surface area contributed by atoms with Crippen LogP contribution in [0.2, 0.25) is 0 Å². The molecule has 3 nitrogen and oxygen atoms in total. The lowest BCUT2D eigenvalue weighted by Gasteiger charge is -2.39. The zero-order valence-electron chi connectivity index (χ0n) is 30.7. The van der Waals surface area contributed by atoms with E-state index in [1.807, 2.05) is 48.2 Å². The first kappa shape index (κ1) is 32.3. The first-order valence-electron chi connectivity index (χ1n) is 19.3. The summed E-state index contributed by atoms with van der Waals surface area (Å²) in [7, 11) is 0. The minimum absolute atomic E-state index is 0.374. The van der Waals surface area contributed by atoms with E-state index in [2.05, 4.69) is 158 Å². The molecule has 0 saturated heterocycles. The maximum atomic E-state index is 6.27. The summed E-state index contributed by atoms with van der Waals surface area (Å²) in [5.41, 5.74) is 16.4. The Morgan fingerprint density at radius 2 is 0.947 bits per heavy atom. The van der Waals surface area contributed by atoms with Crippen molar-refractivity contribution in [1.82, 2.24) is 9.97 Å². The summed E-state index contributed by atoms with van der Waals surface area (Å²) in [6.45, 7) is 0. The van der Waals surface area contributed by atoms with Gasteiger partial charge in [0.2, 0.25) is 0 Å². The molecule has 57 heavy (non-hydrogen) atoms. The van der Waals surface area contributed by atoms with Gasteiger partial charge in [-0.1, -0.05) is 169 Å². The molecular weight excluding hydrogens is 713 g/mol. The monoisotopic (exact) mass is 744 g/mol. The number of nitrogens with zero attached hydrogens (tertiary/aromatic N) is 2. The molecule has 2 aliphatic rings. The number of fused-ring (bicyclic) bond motifs is 12. The van der Waals surface area contributed by atoms with E-state index >= 15 is 0 Å². The van der Waals surface area contributed by atoms with E-state index in [9.17, 15) is 0 Å². The lowest BCUT2D eigenvalue weighted by atomic mass is 9.67. The van der Waals surface area contributed by atoms with Gasteiger partial charge in [-0.3, -0.25) is 0 Å². The van der Waals surface area contributed by atoms with Gasteiger partial charge in [0.1, 0.15) is 11.2 Å². The molecule has 4 heteroatoms. The van der Waals surface area contributed by atoms with E-state index in [4.69, 9.17) is 14.4 Å². The molecule has 0 saturated carbocycles. The molecular formula is C53H32N2OS. The van der Waals surface area contributed by atoms with Crippen LogP contribution in [0, 0.1) is 0 Å². The van der Waals surface area contributed by atoms with Gasteiger partial charge in [0.05, 0.1) is 16.8 Å². The molecule has 2 aromatic heterocycles. The van der Waals surface area contributed by atoms with Crippen molar-refractivity contribution in [3.8, 4) is 56.2 Å². The standard InChI is InChI=1S/C53H32N2OS/c1-2-12-34(13-3-1)46-32-47(37-26-28-41-40-16-6-10-20-48(40)56-49(41)30-37)55-52(54-46)35-24-22-33(23-25-35)36-27-29-45-51(31-36)57-50-21-11-9-19-44(50)53(45)42-17-7-4-14-38(42)39-15-5-8-18-43(39)53/h1-32H. The molecule has 8 aromatic carbocycles. The van der Waals surface area contributed by atoms with Crippen LogP contribution in [0.15, 0.2) is 208 Å². The smallest absolute Gasteiger partial charge is 0.160 e. The maximum Gasteiger partial charge on any atom is 0.160 e. The fraction of sp³-hybridized carbons (Fsp3) is 0.0189. The third-order valence-electron chi connectivity index (χ3n) is 11.8. The summed E-state index contributed by atoms with van der Waals surface area (Å²) in [6.07, 6.45) is 0. The van der Waals surface area contributed by atoms with Gasteiger partial charge in [-0.25, -0.2) is 9.97 Å². The average Bonchev–Trinajstić information content (AvgIpc) is 3.80. The van der Waals surface area contributed by atoms with Gasteiger partial charge in [-0.05, 0) is 80.9 Å². The largest absolute Gasteiger partial charge is 0.456 e. The molecule has 266 valence electrons. The Kier molecular flexibility index (Phi) is 7.08. The number of furan rings is 1.